The van der Waals surface area contributed by atoms with Crippen molar-refractivity contribution < 1.29 is 19.1 Å². The Hall–Kier alpha value is -3.02. The lowest BCUT2D eigenvalue weighted by Gasteiger charge is -2.17. The molecule has 0 saturated heterocycles. The Balaban J connectivity index is 1.35. The molecule has 0 atom stereocenters. The minimum atomic E-state index is -0.0440. The minimum absolute atomic E-state index is 0.0433. The fourth-order valence-electron chi connectivity index (χ4n) is 3.05. The van der Waals surface area contributed by atoms with Crippen molar-refractivity contribution in [3.63, 3.8) is 0 Å². The van der Waals surface area contributed by atoms with E-state index in [9.17, 15) is 9.59 Å². The van der Waals surface area contributed by atoms with Crippen LogP contribution in [0.15, 0.2) is 36.4 Å². The Morgan fingerprint density at radius 3 is 2.80 bits per heavy atom. The smallest absolute Gasteiger partial charge is 0.231 e. The van der Waals surface area contributed by atoms with E-state index < -0.39 is 0 Å². The third kappa shape index (κ3) is 3.42. The summed E-state index contributed by atoms with van der Waals surface area (Å²) >= 11 is 0. The number of anilines is 1. The van der Waals surface area contributed by atoms with Crippen LogP contribution in [0, 0.1) is 0 Å². The maximum atomic E-state index is 12.2. The number of ether oxygens (including phenoxy) is 2. The van der Waals surface area contributed by atoms with Gasteiger partial charge in [0.2, 0.25) is 18.6 Å². The molecule has 2 N–H and O–H groups in total. The lowest BCUT2D eigenvalue weighted by molar-refractivity contribution is -0.120. The molecule has 0 aromatic heterocycles. The monoisotopic (exact) mass is 338 g/mol. The van der Waals surface area contributed by atoms with Gasteiger partial charge in [-0.15, -0.1) is 0 Å². The molecule has 2 aromatic carbocycles. The van der Waals surface area contributed by atoms with E-state index >= 15 is 0 Å². The number of aryl methyl sites for hydroxylation is 1. The summed E-state index contributed by atoms with van der Waals surface area (Å²) in [5.41, 5.74) is 3.84. The van der Waals surface area contributed by atoms with Crippen LogP contribution in [0.2, 0.25) is 0 Å². The van der Waals surface area contributed by atoms with Gasteiger partial charge in [0, 0.05) is 18.7 Å². The molecule has 4 rings (SSSR count). The van der Waals surface area contributed by atoms with Crippen LogP contribution < -0.4 is 20.1 Å². The van der Waals surface area contributed by atoms with E-state index in [1.807, 2.05) is 36.4 Å². The first-order valence-corrected chi connectivity index (χ1v) is 8.24. The molecule has 0 aliphatic carbocycles. The van der Waals surface area contributed by atoms with Gasteiger partial charge in [-0.2, -0.15) is 0 Å². The Morgan fingerprint density at radius 2 is 1.88 bits per heavy atom. The van der Waals surface area contributed by atoms with Gasteiger partial charge < -0.3 is 20.1 Å². The molecule has 2 aromatic rings. The van der Waals surface area contributed by atoms with E-state index in [1.165, 1.54) is 0 Å². The summed E-state index contributed by atoms with van der Waals surface area (Å²) in [6.45, 7) is 0.681. The average Bonchev–Trinajstić information content (AvgIpc) is 3.08. The molecular formula is C19H18N2O4. The van der Waals surface area contributed by atoms with Gasteiger partial charge in [-0.25, -0.2) is 0 Å². The number of amides is 2. The molecule has 6 heteroatoms. The highest BCUT2D eigenvalue weighted by atomic mass is 16.7. The van der Waals surface area contributed by atoms with Gasteiger partial charge in [0.15, 0.2) is 11.5 Å². The second-order valence-electron chi connectivity index (χ2n) is 6.18. The van der Waals surface area contributed by atoms with Crippen molar-refractivity contribution in [2.75, 3.05) is 12.1 Å². The second kappa shape index (κ2) is 6.47. The maximum absolute atomic E-state index is 12.2. The third-order valence-electron chi connectivity index (χ3n) is 4.36. The quantitative estimate of drug-likeness (QED) is 0.896. The van der Waals surface area contributed by atoms with Crippen LogP contribution in [-0.2, 0) is 29.0 Å². The molecule has 0 spiro atoms. The second-order valence-corrected chi connectivity index (χ2v) is 6.18. The summed E-state index contributed by atoms with van der Waals surface area (Å²) in [5, 5.41) is 5.77. The summed E-state index contributed by atoms with van der Waals surface area (Å²) in [5.74, 6) is 1.44. The number of fused-ring (bicyclic) bond motifs is 2. The van der Waals surface area contributed by atoms with Gasteiger partial charge in [-0.1, -0.05) is 18.2 Å². The summed E-state index contributed by atoms with van der Waals surface area (Å²) < 4.78 is 10.6. The van der Waals surface area contributed by atoms with Crippen molar-refractivity contribution in [1.29, 1.82) is 0 Å². The molecule has 0 fully saturated rings. The van der Waals surface area contributed by atoms with Crippen LogP contribution in [0.25, 0.3) is 0 Å². The molecule has 0 radical (unpaired) electrons. The van der Waals surface area contributed by atoms with Crippen molar-refractivity contribution in [1.82, 2.24) is 5.32 Å². The van der Waals surface area contributed by atoms with E-state index in [-0.39, 0.29) is 18.6 Å². The fraction of sp³-hybridized carbons (Fsp3) is 0.263. The standard InChI is InChI=1S/C19H18N2O4/c22-18-6-3-14-7-12(1-4-15(14)21-18)9-19(23)20-10-13-2-5-16-17(8-13)25-11-24-16/h1-2,4-5,7-8H,3,6,9-11H2,(H,20,23)(H,21,22). The summed E-state index contributed by atoms with van der Waals surface area (Å²) in [6.07, 6.45) is 1.52. The highest BCUT2D eigenvalue weighted by Crippen LogP contribution is 2.32. The summed E-state index contributed by atoms with van der Waals surface area (Å²) in [7, 11) is 0. The van der Waals surface area contributed by atoms with Crippen molar-refractivity contribution in [3.05, 3.63) is 53.1 Å². The molecule has 0 saturated carbocycles. The number of benzene rings is 2. The molecule has 128 valence electrons. The van der Waals surface area contributed by atoms with Gasteiger partial charge in [0.25, 0.3) is 0 Å². The van der Waals surface area contributed by atoms with E-state index in [0.717, 1.165) is 28.1 Å². The third-order valence-corrected chi connectivity index (χ3v) is 4.36. The predicted molar refractivity (Wildman–Crippen MR) is 91.5 cm³/mol. The van der Waals surface area contributed by atoms with Crippen molar-refractivity contribution in [2.24, 2.45) is 0 Å². The van der Waals surface area contributed by atoms with E-state index in [1.54, 1.807) is 0 Å². The lowest BCUT2D eigenvalue weighted by atomic mass is 9.99. The van der Waals surface area contributed by atoms with Crippen LogP contribution in [0.4, 0.5) is 5.69 Å². The molecule has 2 amide bonds. The molecule has 2 heterocycles. The van der Waals surface area contributed by atoms with Crippen LogP contribution in [0.1, 0.15) is 23.1 Å². The van der Waals surface area contributed by atoms with E-state index in [0.29, 0.717) is 31.6 Å². The van der Waals surface area contributed by atoms with E-state index in [2.05, 4.69) is 10.6 Å². The van der Waals surface area contributed by atoms with Crippen molar-refractivity contribution >= 4 is 17.5 Å². The number of hydrogen-bond donors (Lipinski definition) is 2. The zero-order valence-electron chi connectivity index (χ0n) is 13.6. The molecule has 25 heavy (non-hydrogen) atoms. The Labute approximate surface area is 145 Å². The van der Waals surface area contributed by atoms with Crippen LogP contribution >= 0.6 is 0 Å². The predicted octanol–water partition coefficient (Wildman–Crippen LogP) is 2.16. The number of carbonyl (C=O) groups is 2. The Bertz CT molecular complexity index is 847. The first kappa shape index (κ1) is 15.5. The Kier molecular flexibility index (Phi) is 4.01. The topological polar surface area (TPSA) is 76.7 Å². The molecule has 0 bridgehead atoms. The lowest BCUT2D eigenvalue weighted by Crippen LogP contribution is -2.25. The minimum Gasteiger partial charge on any atom is -0.454 e. The Morgan fingerprint density at radius 1 is 1.04 bits per heavy atom. The number of hydrogen-bond acceptors (Lipinski definition) is 4. The first-order valence-electron chi connectivity index (χ1n) is 8.24. The van der Waals surface area contributed by atoms with E-state index in [4.69, 9.17) is 9.47 Å². The zero-order chi connectivity index (χ0) is 17.2. The molecule has 6 nitrogen and oxygen atoms in total. The van der Waals surface area contributed by atoms with Crippen LogP contribution in [-0.4, -0.2) is 18.6 Å². The van der Waals surface area contributed by atoms with Crippen molar-refractivity contribution in [2.45, 2.75) is 25.8 Å². The normalized spacial score (nSPS) is 14.6. The highest BCUT2D eigenvalue weighted by Gasteiger charge is 2.16. The largest absolute Gasteiger partial charge is 0.454 e. The summed E-state index contributed by atoms with van der Waals surface area (Å²) in [6, 6.07) is 11.4. The maximum Gasteiger partial charge on any atom is 0.231 e. The van der Waals surface area contributed by atoms with Crippen LogP contribution in [0.5, 0.6) is 11.5 Å². The number of carbonyl (C=O) groups excluding carboxylic acids is 2. The SMILES string of the molecule is O=C(Cc1ccc2c(c1)CCC(=O)N2)NCc1ccc2c(c1)OCO2. The highest BCUT2D eigenvalue weighted by molar-refractivity contribution is 5.94. The number of nitrogens with one attached hydrogen (secondary N) is 2. The van der Waals surface area contributed by atoms with Crippen molar-refractivity contribution in [3.8, 4) is 11.5 Å². The van der Waals surface area contributed by atoms with Gasteiger partial charge in [-0.3, -0.25) is 9.59 Å². The average molecular weight is 338 g/mol. The molecular weight excluding hydrogens is 320 g/mol. The van der Waals surface area contributed by atoms with Gasteiger partial charge >= 0.3 is 0 Å². The molecule has 2 aliphatic rings. The van der Waals surface area contributed by atoms with Gasteiger partial charge in [0.05, 0.1) is 6.42 Å². The number of rotatable bonds is 4. The molecule has 0 unspecified atom stereocenters. The van der Waals surface area contributed by atoms with Crippen LogP contribution in [0.3, 0.4) is 0 Å². The zero-order valence-corrected chi connectivity index (χ0v) is 13.6. The van der Waals surface area contributed by atoms with Gasteiger partial charge in [-0.05, 0) is 41.3 Å². The summed E-state index contributed by atoms with van der Waals surface area (Å²) in [4.78, 5) is 23.6. The first-order chi connectivity index (χ1) is 12.2. The van der Waals surface area contributed by atoms with Gasteiger partial charge in [0.1, 0.15) is 0 Å². The fourth-order valence-corrected chi connectivity index (χ4v) is 3.05. The molecule has 2 aliphatic heterocycles.